The molecule has 0 heterocycles. The minimum atomic E-state index is 0.687. The zero-order valence-corrected chi connectivity index (χ0v) is 14.1. The second-order valence-corrected chi connectivity index (χ2v) is 9.67. The number of hydrogen-bond donors (Lipinski definition) is 1. The van der Waals surface area contributed by atoms with E-state index in [9.17, 15) is 0 Å². The monoisotopic (exact) mass is 293 g/mol. The van der Waals surface area contributed by atoms with E-state index in [0.717, 1.165) is 35.1 Å². The highest BCUT2D eigenvalue weighted by atomic mass is 32.2. The van der Waals surface area contributed by atoms with Crippen molar-refractivity contribution >= 4 is 11.8 Å². The smallest absolute Gasteiger partial charge is 0.00980 e. The lowest BCUT2D eigenvalue weighted by atomic mass is 9.48. The average molecular weight is 294 g/mol. The molecule has 5 rings (SSSR count). The van der Waals surface area contributed by atoms with Crippen LogP contribution in [0.15, 0.2) is 0 Å². The fourth-order valence-electron chi connectivity index (χ4n) is 6.54. The molecule has 4 bridgehead atoms. The summed E-state index contributed by atoms with van der Waals surface area (Å²) in [5.41, 5.74) is 0.687. The SMILES string of the molecule is CSC1CCC(NC(C)C23CC4CC(CC(C4)C2)C3)C1. The third-order valence-electron chi connectivity index (χ3n) is 7.21. The lowest BCUT2D eigenvalue weighted by Crippen LogP contribution is -2.56. The van der Waals surface area contributed by atoms with Crippen molar-refractivity contribution in [1.29, 1.82) is 0 Å². The molecule has 0 spiro atoms. The molecule has 3 unspecified atom stereocenters. The van der Waals surface area contributed by atoms with Crippen LogP contribution in [0.5, 0.6) is 0 Å². The van der Waals surface area contributed by atoms with Crippen LogP contribution in [0.1, 0.15) is 64.7 Å². The molecule has 0 amide bonds. The van der Waals surface area contributed by atoms with Gasteiger partial charge in [-0.2, -0.15) is 11.8 Å². The predicted octanol–water partition coefficient (Wildman–Crippen LogP) is 4.47. The Morgan fingerprint density at radius 1 is 0.950 bits per heavy atom. The molecule has 3 atom stereocenters. The molecule has 5 aliphatic carbocycles. The van der Waals surface area contributed by atoms with E-state index in [1.807, 2.05) is 0 Å². The van der Waals surface area contributed by atoms with Gasteiger partial charge in [0, 0.05) is 17.3 Å². The van der Waals surface area contributed by atoms with Crippen LogP contribution in [0.4, 0.5) is 0 Å². The lowest BCUT2D eigenvalue weighted by molar-refractivity contribution is -0.0720. The first-order chi connectivity index (χ1) is 9.67. The minimum Gasteiger partial charge on any atom is -0.311 e. The summed E-state index contributed by atoms with van der Waals surface area (Å²) in [7, 11) is 0. The third kappa shape index (κ3) is 2.35. The third-order valence-corrected chi connectivity index (χ3v) is 8.30. The van der Waals surface area contributed by atoms with Crippen LogP contribution in [-0.4, -0.2) is 23.6 Å². The standard InChI is InChI=1S/C18H31NS/c1-12(19-16-3-4-17(8-16)20-2)18-9-13-5-14(10-18)7-15(6-13)11-18/h12-17,19H,3-11H2,1-2H3. The zero-order valence-electron chi connectivity index (χ0n) is 13.2. The fraction of sp³-hybridized carbons (Fsp3) is 1.00. The van der Waals surface area contributed by atoms with Gasteiger partial charge in [0.05, 0.1) is 0 Å². The molecule has 1 nitrogen and oxygen atoms in total. The average Bonchev–Trinajstić information content (AvgIpc) is 2.85. The van der Waals surface area contributed by atoms with Crippen LogP contribution >= 0.6 is 11.8 Å². The Labute approximate surface area is 129 Å². The minimum absolute atomic E-state index is 0.687. The summed E-state index contributed by atoms with van der Waals surface area (Å²) in [5.74, 6) is 3.27. The summed E-state index contributed by atoms with van der Waals surface area (Å²) >= 11 is 2.08. The van der Waals surface area contributed by atoms with Gasteiger partial charge < -0.3 is 5.32 Å². The van der Waals surface area contributed by atoms with Crippen molar-refractivity contribution in [3.05, 3.63) is 0 Å². The van der Waals surface area contributed by atoms with Gasteiger partial charge >= 0.3 is 0 Å². The molecule has 1 N–H and O–H groups in total. The van der Waals surface area contributed by atoms with Crippen LogP contribution in [0, 0.1) is 23.2 Å². The Bertz CT molecular complexity index is 331. The number of thioether (sulfide) groups is 1. The van der Waals surface area contributed by atoms with Gasteiger partial charge in [0.25, 0.3) is 0 Å². The van der Waals surface area contributed by atoms with E-state index in [1.54, 1.807) is 38.5 Å². The van der Waals surface area contributed by atoms with Gasteiger partial charge in [-0.25, -0.2) is 0 Å². The molecule has 5 aliphatic rings. The van der Waals surface area contributed by atoms with Crippen molar-refractivity contribution in [2.75, 3.05) is 6.26 Å². The largest absolute Gasteiger partial charge is 0.311 e. The highest BCUT2D eigenvalue weighted by Crippen LogP contribution is 2.61. The van der Waals surface area contributed by atoms with Crippen LogP contribution in [0.3, 0.4) is 0 Å². The van der Waals surface area contributed by atoms with Crippen LogP contribution < -0.4 is 5.32 Å². The van der Waals surface area contributed by atoms with Crippen molar-refractivity contribution in [3.8, 4) is 0 Å². The first kappa shape index (κ1) is 13.9. The maximum absolute atomic E-state index is 4.09. The lowest BCUT2D eigenvalue weighted by Gasteiger charge is -2.59. The topological polar surface area (TPSA) is 12.0 Å². The molecule has 5 fully saturated rings. The predicted molar refractivity (Wildman–Crippen MR) is 88.1 cm³/mol. The summed E-state index contributed by atoms with van der Waals surface area (Å²) in [5, 5.41) is 5.01. The van der Waals surface area contributed by atoms with E-state index in [1.165, 1.54) is 19.3 Å². The number of hydrogen-bond acceptors (Lipinski definition) is 2. The van der Waals surface area contributed by atoms with Gasteiger partial charge in [-0.05, 0) is 94.1 Å². The van der Waals surface area contributed by atoms with Crippen LogP contribution in [0.25, 0.3) is 0 Å². The van der Waals surface area contributed by atoms with Gasteiger partial charge in [-0.1, -0.05) is 0 Å². The van der Waals surface area contributed by atoms with E-state index in [-0.39, 0.29) is 0 Å². The Kier molecular flexibility index (Phi) is 3.62. The normalized spacial score (nSPS) is 51.6. The zero-order chi connectivity index (χ0) is 13.7. The van der Waals surface area contributed by atoms with Crippen molar-refractivity contribution in [1.82, 2.24) is 5.32 Å². The molecule has 0 saturated heterocycles. The van der Waals surface area contributed by atoms with E-state index < -0.39 is 0 Å². The van der Waals surface area contributed by atoms with E-state index in [4.69, 9.17) is 0 Å². The van der Waals surface area contributed by atoms with Gasteiger partial charge in [-0.15, -0.1) is 0 Å². The van der Waals surface area contributed by atoms with E-state index in [2.05, 4.69) is 30.3 Å². The summed E-state index contributed by atoms with van der Waals surface area (Å²) in [6.07, 6.45) is 15.9. The number of rotatable bonds is 4. The molecular formula is C18H31NS. The molecule has 0 aromatic heterocycles. The Hall–Kier alpha value is 0.310. The Morgan fingerprint density at radius 2 is 1.55 bits per heavy atom. The van der Waals surface area contributed by atoms with Gasteiger partial charge in [0.15, 0.2) is 0 Å². The summed E-state index contributed by atoms with van der Waals surface area (Å²) in [4.78, 5) is 0. The molecule has 0 aromatic rings. The summed E-state index contributed by atoms with van der Waals surface area (Å²) in [6, 6.07) is 1.58. The second-order valence-electron chi connectivity index (χ2n) is 8.54. The van der Waals surface area contributed by atoms with E-state index in [0.29, 0.717) is 5.41 Å². The molecule has 0 radical (unpaired) electrons. The first-order valence-corrected chi connectivity index (χ1v) is 10.2. The number of nitrogens with one attached hydrogen (secondary N) is 1. The molecule has 0 aromatic carbocycles. The fourth-order valence-corrected chi connectivity index (χ4v) is 7.34. The van der Waals surface area contributed by atoms with Gasteiger partial charge in [0.2, 0.25) is 0 Å². The Balaban J connectivity index is 1.42. The van der Waals surface area contributed by atoms with Crippen molar-refractivity contribution in [3.63, 3.8) is 0 Å². The quantitative estimate of drug-likeness (QED) is 0.821. The maximum atomic E-state index is 4.09. The van der Waals surface area contributed by atoms with Crippen molar-refractivity contribution in [2.24, 2.45) is 23.2 Å². The van der Waals surface area contributed by atoms with Crippen LogP contribution in [-0.2, 0) is 0 Å². The highest BCUT2D eigenvalue weighted by Gasteiger charge is 2.53. The van der Waals surface area contributed by atoms with Gasteiger partial charge in [0.1, 0.15) is 0 Å². The molecule has 0 aliphatic heterocycles. The highest BCUT2D eigenvalue weighted by molar-refractivity contribution is 7.99. The van der Waals surface area contributed by atoms with Crippen molar-refractivity contribution in [2.45, 2.75) is 82.0 Å². The first-order valence-electron chi connectivity index (χ1n) is 8.96. The van der Waals surface area contributed by atoms with E-state index >= 15 is 0 Å². The molecule has 20 heavy (non-hydrogen) atoms. The molecule has 5 saturated carbocycles. The van der Waals surface area contributed by atoms with Gasteiger partial charge in [-0.3, -0.25) is 0 Å². The molecule has 114 valence electrons. The molecular weight excluding hydrogens is 262 g/mol. The van der Waals surface area contributed by atoms with Crippen LogP contribution in [0.2, 0.25) is 0 Å². The second kappa shape index (κ2) is 5.19. The summed E-state index contributed by atoms with van der Waals surface area (Å²) in [6.45, 7) is 2.53. The molecule has 2 heteroatoms. The Morgan fingerprint density at radius 3 is 2.05 bits per heavy atom. The summed E-state index contributed by atoms with van der Waals surface area (Å²) < 4.78 is 0. The maximum Gasteiger partial charge on any atom is 0.00980 e. The van der Waals surface area contributed by atoms with Crippen molar-refractivity contribution < 1.29 is 0 Å².